The van der Waals surface area contributed by atoms with Gasteiger partial charge in [0.05, 0.1) is 13.2 Å². The topological polar surface area (TPSA) is 52.6 Å². The average molecular weight is 371 g/mol. The Morgan fingerprint density at radius 1 is 0.654 bits per heavy atom. The van der Waals surface area contributed by atoms with Gasteiger partial charge in [-0.1, -0.05) is 79.1 Å². The minimum absolute atomic E-state index is 0.0336. The van der Waals surface area contributed by atoms with Gasteiger partial charge in [0.1, 0.15) is 0 Å². The molecule has 0 aliphatic carbocycles. The molecule has 26 heavy (non-hydrogen) atoms. The number of esters is 2. The molecule has 0 saturated carbocycles. The molecule has 0 rings (SSSR count). The Morgan fingerprint density at radius 2 is 1.12 bits per heavy atom. The number of rotatable bonds is 16. The van der Waals surface area contributed by atoms with E-state index in [1.807, 2.05) is 0 Å². The molecule has 0 bridgehead atoms. The van der Waals surface area contributed by atoms with Gasteiger partial charge in [-0.2, -0.15) is 0 Å². The van der Waals surface area contributed by atoms with Crippen LogP contribution in [0.1, 0.15) is 111 Å². The summed E-state index contributed by atoms with van der Waals surface area (Å²) in [5.74, 6) is -0.139. The van der Waals surface area contributed by atoms with Crippen molar-refractivity contribution in [2.75, 3.05) is 13.2 Å². The lowest BCUT2D eigenvalue weighted by atomic mass is 9.99. The lowest BCUT2D eigenvalue weighted by Gasteiger charge is -2.17. The highest BCUT2D eigenvalue weighted by Crippen LogP contribution is 2.14. The van der Waals surface area contributed by atoms with Crippen molar-refractivity contribution >= 4 is 11.9 Å². The maximum Gasteiger partial charge on any atom is 0.305 e. The number of carbonyl (C=O) groups excluding carboxylic acids is 2. The zero-order valence-corrected chi connectivity index (χ0v) is 17.7. The summed E-state index contributed by atoms with van der Waals surface area (Å²) in [6.45, 7) is 9.44. The van der Waals surface area contributed by atoms with E-state index < -0.39 is 0 Å². The van der Waals surface area contributed by atoms with Gasteiger partial charge in [0.2, 0.25) is 0 Å². The van der Waals surface area contributed by atoms with Crippen LogP contribution in [0.5, 0.6) is 0 Å². The Hall–Kier alpha value is -1.06. The van der Waals surface area contributed by atoms with E-state index in [-0.39, 0.29) is 17.4 Å². The fourth-order valence-corrected chi connectivity index (χ4v) is 2.58. The van der Waals surface area contributed by atoms with Crippen molar-refractivity contribution < 1.29 is 19.1 Å². The summed E-state index contributed by atoms with van der Waals surface area (Å²) < 4.78 is 10.5. The molecule has 0 saturated heterocycles. The number of hydrogen-bond donors (Lipinski definition) is 0. The summed E-state index contributed by atoms with van der Waals surface area (Å²) in [5.41, 5.74) is 0.0336. The van der Waals surface area contributed by atoms with Gasteiger partial charge < -0.3 is 9.47 Å². The molecule has 154 valence electrons. The van der Waals surface area contributed by atoms with E-state index in [1.54, 1.807) is 0 Å². The third-order valence-corrected chi connectivity index (χ3v) is 4.19. The molecule has 0 amide bonds. The van der Waals surface area contributed by atoms with Crippen LogP contribution in [0.25, 0.3) is 0 Å². The van der Waals surface area contributed by atoms with Gasteiger partial charge in [-0.3, -0.25) is 9.59 Å². The lowest BCUT2D eigenvalue weighted by molar-refractivity contribution is -0.146. The number of unbranched alkanes of at least 4 members (excludes halogenated alkanes) is 9. The molecule has 0 heterocycles. The molecule has 0 N–H and O–H groups in total. The van der Waals surface area contributed by atoms with E-state index in [9.17, 15) is 9.59 Å². The summed E-state index contributed by atoms with van der Waals surface area (Å²) in [6.07, 6.45) is 13.1. The summed E-state index contributed by atoms with van der Waals surface area (Å²) in [7, 11) is 0. The molecule has 0 atom stereocenters. The van der Waals surface area contributed by atoms with Crippen molar-refractivity contribution in [1.29, 1.82) is 0 Å². The second kappa shape index (κ2) is 16.1. The van der Waals surface area contributed by atoms with Crippen LogP contribution in [0.3, 0.4) is 0 Å². The van der Waals surface area contributed by atoms with Crippen LogP contribution in [0, 0.1) is 5.41 Å². The Bertz CT molecular complexity index is 358. The van der Waals surface area contributed by atoms with Gasteiger partial charge in [-0.25, -0.2) is 0 Å². The van der Waals surface area contributed by atoms with Gasteiger partial charge in [0, 0.05) is 12.8 Å². The van der Waals surface area contributed by atoms with E-state index in [2.05, 4.69) is 27.7 Å². The third-order valence-electron chi connectivity index (χ3n) is 4.19. The van der Waals surface area contributed by atoms with E-state index in [1.165, 1.54) is 19.3 Å². The summed E-state index contributed by atoms with van der Waals surface area (Å²) in [5, 5.41) is 0. The predicted octanol–water partition coefficient (Wildman–Crippen LogP) is 6.21. The van der Waals surface area contributed by atoms with Crippen LogP contribution in [-0.4, -0.2) is 25.2 Å². The Kier molecular flexibility index (Phi) is 15.5. The number of ether oxygens (including phenoxy) is 2. The number of carbonyl (C=O) groups is 2. The molecule has 0 spiro atoms. The van der Waals surface area contributed by atoms with Gasteiger partial charge in [-0.15, -0.1) is 0 Å². The van der Waals surface area contributed by atoms with Crippen LogP contribution in [0.15, 0.2) is 0 Å². The minimum atomic E-state index is -0.0858. The second-order valence-corrected chi connectivity index (χ2v) is 8.48. The first-order valence-electron chi connectivity index (χ1n) is 10.7. The zero-order chi connectivity index (χ0) is 19.7. The van der Waals surface area contributed by atoms with Crippen molar-refractivity contribution in [3.63, 3.8) is 0 Å². The Morgan fingerprint density at radius 3 is 1.65 bits per heavy atom. The normalized spacial score (nSPS) is 11.4. The molecular formula is C22H42O4. The van der Waals surface area contributed by atoms with Crippen LogP contribution in [0.2, 0.25) is 0 Å². The Labute approximate surface area is 161 Å². The molecule has 4 nitrogen and oxygen atoms in total. The standard InChI is InChI=1S/C22H42O4/c1-5-6-7-12-15-18-25-20(23)16-13-10-8-9-11-14-17-21(24)26-19-22(2,3)4/h5-19H2,1-4H3. The van der Waals surface area contributed by atoms with E-state index >= 15 is 0 Å². The summed E-state index contributed by atoms with van der Waals surface area (Å²) >= 11 is 0. The monoisotopic (exact) mass is 370 g/mol. The first kappa shape index (κ1) is 24.9. The molecular weight excluding hydrogens is 328 g/mol. The lowest BCUT2D eigenvalue weighted by Crippen LogP contribution is -2.18. The van der Waals surface area contributed by atoms with Crippen molar-refractivity contribution in [2.24, 2.45) is 5.41 Å². The van der Waals surface area contributed by atoms with Crippen molar-refractivity contribution in [2.45, 2.75) is 111 Å². The molecule has 0 aliphatic rings. The average Bonchev–Trinajstić information content (AvgIpc) is 2.57. The number of hydrogen-bond acceptors (Lipinski definition) is 4. The predicted molar refractivity (Wildman–Crippen MR) is 107 cm³/mol. The molecule has 0 radical (unpaired) electrons. The third kappa shape index (κ3) is 19.3. The summed E-state index contributed by atoms with van der Waals surface area (Å²) in [6, 6.07) is 0. The first-order chi connectivity index (χ1) is 12.3. The van der Waals surface area contributed by atoms with Gasteiger partial charge in [0.25, 0.3) is 0 Å². The Balaban J connectivity index is 3.32. The highest BCUT2D eigenvalue weighted by atomic mass is 16.5. The quantitative estimate of drug-likeness (QED) is 0.239. The molecule has 0 aromatic heterocycles. The van der Waals surface area contributed by atoms with Gasteiger partial charge in [-0.05, 0) is 24.7 Å². The van der Waals surface area contributed by atoms with Gasteiger partial charge in [0.15, 0.2) is 0 Å². The maximum atomic E-state index is 11.6. The fraction of sp³-hybridized carbons (Fsp3) is 0.909. The van der Waals surface area contributed by atoms with E-state index in [0.29, 0.717) is 26.1 Å². The van der Waals surface area contributed by atoms with E-state index in [4.69, 9.17) is 9.47 Å². The van der Waals surface area contributed by atoms with Crippen molar-refractivity contribution in [3.05, 3.63) is 0 Å². The van der Waals surface area contributed by atoms with Crippen LogP contribution >= 0.6 is 0 Å². The molecule has 4 heteroatoms. The second-order valence-electron chi connectivity index (χ2n) is 8.48. The highest BCUT2D eigenvalue weighted by molar-refractivity contribution is 5.69. The molecule has 0 aromatic rings. The first-order valence-corrected chi connectivity index (χ1v) is 10.7. The molecule has 0 fully saturated rings. The van der Waals surface area contributed by atoms with E-state index in [0.717, 1.165) is 51.4 Å². The SMILES string of the molecule is CCCCCCCOC(=O)CCCCCCCCC(=O)OCC(C)(C)C. The van der Waals surface area contributed by atoms with Crippen molar-refractivity contribution in [3.8, 4) is 0 Å². The summed E-state index contributed by atoms with van der Waals surface area (Å²) in [4.78, 5) is 23.2. The molecule has 0 aromatic carbocycles. The maximum absolute atomic E-state index is 11.6. The van der Waals surface area contributed by atoms with Crippen molar-refractivity contribution in [1.82, 2.24) is 0 Å². The largest absolute Gasteiger partial charge is 0.466 e. The minimum Gasteiger partial charge on any atom is -0.466 e. The fourth-order valence-electron chi connectivity index (χ4n) is 2.58. The van der Waals surface area contributed by atoms with Gasteiger partial charge >= 0.3 is 11.9 Å². The smallest absolute Gasteiger partial charge is 0.305 e. The molecule has 0 unspecified atom stereocenters. The highest BCUT2D eigenvalue weighted by Gasteiger charge is 2.13. The van der Waals surface area contributed by atoms with Crippen LogP contribution < -0.4 is 0 Å². The van der Waals surface area contributed by atoms with Crippen LogP contribution in [0.4, 0.5) is 0 Å². The van der Waals surface area contributed by atoms with Crippen LogP contribution in [-0.2, 0) is 19.1 Å². The molecule has 0 aliphatic heterocycles. The zero-order valence-electron chi connectivity index (χ0n) is 17.7.